The van der Waals surface area contributed by atoms with Gasteiger partial charge in [0.2, 0.25) is 0 Å². The second-order valence-corrected chi connectivity index (χ2v) is 5.36. The third-order valence-electron chi connectivity index (χ3n) is 2.80. The molecule has 14 heavy (non-hydrogen) atoms. The van der Waals surface area contributed by atoms with Crippen molar-refractivity contribution in [3.8, 4) is 0 Å². The molecule has 0 heterocycles. The summed E-state index contributed by atoms with van der Waals surface area (Å²) in [5, 5.41) is 0. The smallest absolute Gasteiger partial charge is 0.0170 e. The van der Waals surface area contributed by atoms with Crippen molar-refractivity contribution in [3.05, 3.63) is 23.3 Å². The van der Waals surface area contributed by atoms with Crippen molar-refractivity contribution < 1.29 is 0 Å². The van der Waals surface area contributed by atoms with Crippen LogP contribution in [0.5, 0.6) is 0 Å². The van der Waals surface area contributed by atoms with Crippen LogP contribution < -0.4 is 0 Å². The van der Waals surface area contributed by atoms with Gasteiger partial charge in [0.1, 0.15) is 0 Å². The number of rotatable bonds is 3. The van der Waals surface area contributed by atoms with E-state index in [2.05, 4.69) is 60.6 Å². The van der Waals surface area contributed by atoms with E-state index in [1.165, 1.54) is 11.1 Å². The molecule has 0 aromatic rings. The Balaban J connectivity index is 4.72. The summed E-state index contributed by atoms with van der Waals surface area (Å²) in [4.78, 5) is 0. The number of hydrogen-bond donors (Lipinski definition) is 0. The first kappa shape index (κ1) is 13.5. The van der Waals surface area contributed by atoms with Gasteiger partial charge in [-0.1, -0.05) is 64.8 Å². The van der Waals surface area contributed by atoms with Crippen molar-refractivity contribution in [1.29, 1.82) is 0 Å². The normalized spacial score (nSPS) is 15.1. The van der Waals surface area contributed by atoms with Crippen LogP contribution in [0.4, 0.5) is 0 Å². The number of allylic oxidation sites excluding steroid dienone is 4. The fourth-order valence-corrected chi connectivity index (χ4v) is 1.32. The molecule has 0 aliphatic heterocycles. The first-order valence-corrected chi connectivity index (χ1v) is 5.66. The topological polar surface area (TPSA) is 0 Å². The maximum atomic E-state index is 2.30. The predicted molar refractivity (Wildman–Crippen MR) is 66.4 cm³/mol. The van der Waals surface area contributed by atoms with E-state index >= 15 is 0 Å². The van der Waals surface area contributed by atoms with Gasteiger partial charge >= 0.3 is 0 Å². The Morgan fingerprint density at radius 1 is 1.14 bits per heavy atom. The molecular weight excluding hydrogens is 168 g/mol. The molecule has 0 saturated heterocycles. The van der Waals surface area contributed by atoms with Crippen molar-refractivity contribution in [2.45, 2.75) is 54.9 Å². The number of hydrogen-bond acceptors (Lipinski definition) is 0. The van der Waals surface area contributed by atoms with Crippen molar-refractivity contribution in [2.75, 3.05) is 0 Å². The van der Waals surface area contributed by atoms with Crippen molar-refractivity contribution in [1.82, 2.24) is 0 Å². The van der Waals surface area contributed by atoms with E-state index in [0.29, 0.717) is 11.3 Å². The second-order valence-electron chi connectivity index (χ2n) is 5.36. The van der Waals surface area contributed by atoms with Crippen molar-refractivity contribution >= 4 is 0 Å². The lowest BCUT2D eigenvalue weighted by atomic mass is 9.84. The van der Waals surface area contributed by atoms with E-state index in [-0.39, 0.29) is 0 Å². The molecule has 0 amide bonds. The van der Waals surface area contributed by atoms with Crippen LogP contribution in [0.2, 0.25) is 0 Å². The molecular formula is C14H26. The molecule has 0 saturated carbocycles. The lowest BCUT2D eigenvalue weighted by molar-refractivity contribution is 0.488. The van der Waals surface area contributed by atoms with Gasteiger partial charge in [-0.2, -0.15) is 0 Å². The van der Waals surface area contributed by atoms with E-state index in [1.54, 1.807) is 0 Å². The zero-order valence-electron chi connectivity index (χ0n) is 10.9. The molecule has 0 aliphatic carbocycles. The van der Waals surface area contributed by atoms with Crippen LogP contribution in [-0.2, 0) is 0 Å². The van der Waals surface area contributed by atoms with Gasteiger partial charge in [0, 0.05) is 0 Å². The molecule has 82 valence electrons. The Hall–Kier alpha value is -0.520. The van der Waals surface area contributed by atoms with Crippen LogP contribution in [0.3, 0.4) is 0 Å². The van der Waals surface area contributed by atoms with Crippen LogP contribution in [0, 0.1) is 11.3 Å². The third kappa shape index (κ3) is 4.64. The summed E-state index contributed by atoms with van der Waals surface area (Å²) in [5.41, 5.74) is 3.29. The van der Waals surface area contributed by atoms with E-state index in [0.717, 1.165) is 6.42 Å². The van der Waals surface area contributed by atoms with E-state index in [9.17, 15) is 0 Å². The molecule has 0 fully saturated rings. The summed E-state index contributed by atoms with van der Waals surface area (Å²) in [5.74, 6) is 0.657. The van der Waals surface area contributed by atoms with Crippen LogP contribution in [0.1, 0.15) is 54.9 Å². The van der Waals surface area contributed by atoms with Crippen LogP contribution in [-0.4, -0.2) is 0 Å². The highest BCUT2D eigenvalue weighted by Crippen LogP contribution is 2.27. The van der Waals surface area contributed by atoms with Crippen LogP contribution in [0.25, 0.3) is 0 Å². The van der Waals surface area contributed by atoms with Crippen LogP contribution in [0.15, 0.2) is 23.3 Å². The molecule has 0 radical (unpaired) electrons. The van der Waals surface area contributed by atoms with Crippen molar-refractivity contribution in [2.24, 2.45) is 11.3 Å². The summed E-state index contributed by atoms with van der Waals surface area (Å²) < 4.78 is 0. The second kappa shape index (κ2) is 5.38. The quantitative estimate of drug-likeness (QED) is 0.556. The maximum absolute atomic E-state index is 2.30. The molecule has 0 aromatic carbocycles. The molecule has 0 unspecified atom stereocenters. The monoisotopic (exact) mass is 194 g/mol. The SMILES string of the molecule is CC/C(=C\C=C(/C)C(C)C)C(C)(C)C. The van der Waals surface area contributed by atoms with Gasteiger partial charge < -0.3 is 0 Å². The standard InChI is InChI=1S/C14H26/c1-8-13(14(5,6)7)10-9-12(4)11(2)3/h9-11H,8H2,1-7H3/b12-9+,13-10+. The van der Waals surface area contributed by atoms with Crippen molar-refractivity contribution in [3.63, 3.8) is 0 Å². The highest BCUT2D eigenvalue weighted by Gasteiger charge is 2.13. The molecule has 0 heteroatoms. The first-order valence-electron chi connectivity index (χ1n) is 5.66. The molecule has 0 aliphatic rings. The zero-order valence-corrected chi connectivity index (χ0v) is 10.9. The Labute approximate surface area is 90.1 Å². The Morgan fingerprint density at radius 2 is 1.64 bits per heavy atom. The third-order valence-corrected chi connectivity index (χ3v) is 2.80. The van der Waals surface area contributed by atoms with Gasteiger partial charge in [0.25, 0.3) is 0 Å². The molecule has 0 N–H and O–H groups in total. The van der Waals surface area contributed by atoms with Gasteiger partial charge in [-0.15, -0.1) is 0 Å². The summed E-state index contributed by atoms with van der Waals surface area (Å²) >= 11 is 0. The van der Waals surface area contributed by atoms with Crippen LogP contribution >= 0.6 is 0 Å². The van der Waals surface area contributed by atoms with E-state index in [1.807, 2.05) is 0 Å². The lowest BCUT2D eigenvalue weighted by Crippen LogP contribution is -2.08. The summed E-state index contributed by atoms with van der Waals surface area (Å²) in [6, 6.07) is 0. The average molecular weight is 194 g/mol. The minimum Gasteiger partial charge on any atom is -0.0708 e. The molecule has 0 bridgehead atoms. The fraction of sp³-hybridized carbons (Fsp3) is 0.714. The molecule has 0 aromatic heterocycles. The van der Waals surface area contributed by atoms with Gasteiger partial charge in [0.05, 0.1) is 0 Å². The lowest BCUT2D eigenvalue weighted by Gasteiger charge is -2.21. The summed E-state index contributed by atoms with van der Waals surface area (Å²) in [7, 11) is 0. The molecule has 0 nitrogen and oxygen atoms in total. The largest absolute Gasteiger partial charge is 0.0708 e. The Morgan fingerprint density at radius 3 is 1.93 bits per heavy atom. The van der Waals surface area contributed by atoms with E-state index in [4.69, 9.17) is 0 Å². The zero-order chi connectivity index (χ0) is 11.4. The molecule has 0 spiro atoms. The Bertz CT molecular complexity index is 221. The molecule has 0 atom stereocenters. The maximum Gasteiger partial charge on any atom is -0.0170 e. The predicted octanol–water partition coefficient (Wildman–Crippen LogP) is 4.97. The van der Waals surface area contributed by atoms with Gasteiger partial charge in [0.15, 0.2) is 0 Å². The average Bonchev–Trinajstić information content (AvgIpc) is 2.02. The molecule has 0 rings (SSSR count). The highest BCUT2D eigenvalue weighted by atomic mass is 14.2. The minimum atomic E-state index is 0.308. The van der Waals surface area contributed by atoms with Gasteiger partial charge in [-0.25, -0.2) is 0 Å². The van der Waals surface area contributed by atoms with E-state index < -0.39 is 0 Å². The van der Waals surface area contributed by atoms with Gasteiger partial charge in [-0.05, 0) is 24.7 Å². The fourth-order valence-electron chi connectivity index (χ4n) is 1.32. The summed E-state index contributed by atoms with van der Waals surface area (Å²) in [6.45, 7) is 15.8. The Kier molecular flexibility index (Phi) is 5.18. The van der Waals surface area contributed by atoms with Gasteiger partial charge in [-0.3, -0.25) is 0 Å². The summed E-state index contributed by atoms with van der Waals surface area (Å²) in [6.07, 6.45) is 5.72. The first-order chi connectivity index (χ1) is 6.29. The highest BCUT2D eigenvalue weighted by molar-refractivity contribution is 5.21. The minimum absolute atomic E-state index is 0.308.